The molecule has 11 heavy (non-hydrogen) atoms. The lowest BCUT2D eigenvalue weighted by molar-refractivity contribution is -0.157. The van der Waals surface area contributed by atoms with Gasteiger partial charge in [0.25, 0.3) is 0 Å². The number of amides is 1. The number of carbonyl (C=O) groups excluding carboxylic acids is 1. The number of primary amides is 1. The summed E-state index contributed by atoms with van der Waals surface area (Å²) in [5.74, 6) is -1.20. The van der Waals surface area contributed by atoms with Crippen LogP contribution in [-0.4, -0.2) is 51.3 Å². The number of hydrogen-bond acceptors (Lipinski definition) is 5. The predicted octanol–water partition coefficient (Wildman–Crippen LogP) is -3.45. The van der Waals surface area contributed by atoms with Gasteiger partial charge in [-0.3, -0.25) is 4.79 Å². The van der Waals surface area contributed by atoms with Crippen LogP contribution in [0.15, 0.2) is 0 Å². The van der Waals surface area contributed by atoms with Crippen LogP contribution >= 0.6 is 0 Å². The quantitative estimate of drug-likeness (QED) is 0.296. The summed E-state index contributed by atoms with van der Waals surface area (Å²) in [5, 5.41) is 34.7. The molecule has 6 nitrogen and oxygen atoms in total. The van der Waals surface area contributed by atoms with Gasteiger partial charge in [-0.2, -0.15) is 0 Å². The number of rotatable bonds is 4. The zero-order chi connectivity index (χ0) is 9.07. The third-order valence-electron chi connectivity index (χ3n) is 1.33. The molecule has 0 fully saturated rings. The Bertz CT molecular complexity index is 144. The molecule has 0 rings (SSSR count). The van der Waals surface area contributed by atoms with Gasteiger partial charge in [0.05, 0.1) is 13.2 Å². The second kappa shape index (κ2) is 3.63. The first-order valence-corrected chi connectivity index (χ1v) is 2.89. The van der Waals surface area contributed by atoms with Crippen molar-refractivity contribution in [3.05, 3.63) is 0 Å². The molecule has 0 aromatic rings. The maximum atomic E-state index is 10.3. The van der Waals surface area contributed by atoms with Gasteiger partial charge >= 0.3 is 0 Å². The average molecular weight is 165 g/mol. The van der Waals surface area contributed by atoms with Crippen molar-refractivity contribution in [3.8, 4) is 0 Å². The highest BCUT2D eigenvalue weighted by Gasteiger charge is 2.38. The number of hydrogen-bond donors (Lipinski definition) is 5. The molecule has 1 unspecified atom stereocenters. The molecule has 0 bridgehead atoms. The molecular formula is C5H11NO5. The number of aliphatic hydroxyl groups is 4. The zero-order valence-electron chi connectivity index (χ0n) is 5.77. The van der Waals surface area contributed by atoms with E-state index in [1.165, 1.54) is 0 Å². The van der Waals surface area contributed by atoms with E-state index in [1.807, 2.05) is 0 Å². The molecule has 0 aromatic heterocycles. The second-order valence-corrected chi connectivity index (χ2v) is 2.22. The Morgan fingerprint density at radius 1 is 1.45 bits per heavy atom. The van der Waals surface area contributed by atoms with E-state index in [-0.39, 0.29) is 0 Å². The van der Waals surface area contributed by atoms with Gasteiger partial charge in [-0.1, -0.05) is 0 Å². The zero-order valence-corrected chi connectivity index (χ0v) is 5.77. The summed E-state index contributed by atoms with van der Waals surface area (Å²) in [6, 6.07) is 0. The van der Waals surface area contributed by atoms with Crippen molar-refractivity contribution >= 4 is 5.91 Å². The first-order chi connectivity index (χ1) is 4.98. The molecule has 66 valence electrons. The minimum Gasteiger partial charge on any atom is -0.393 e. The van der Waals surface area contributed by atoms with E-state index in [0.29, 0.717) is 0 Å². The largest absolute Gasteiger partial charge is 0.393 e. The lowest BCUT2D eigenvalue weighted by Gasteiger charge is -2.26. The van der Waals surface area contributed by atoms with Crippen LogP contribution in [0.3, 0.4) is 0 Å². The highest BCUT2D eigenvalue weighted by atomic mass is 16.4. The Labute approximate surface area is 62.9 Å². The van der Waals surface area contributed by atoms with E-state index >= 15 is 0 Å². The lowest BCUT2D eigenvalue weighted by atomic mass is 9.98. The van der Waals surface area contributed by atoms with E-state index in [4.69, 9.17) is 20.4 Å². The fourth-order valence-electron chi connectivity index (χ4n) is 0.488. The third-order valence-corrected chi connectivity index (χ3v) is 1.33. The van der Waals surface area contributed by atoms with Crippen LogP contribution in [0.4, 0.5) is 0 Å². The van der Waals surface area contributed by atoms with Crippen molar-refractivity contribution in [2.45, 2.75) is 11.7 Å². The van der Waals surface area contributed by atoms with Crippen molar-refractivity contribution in [3.63, 3.8) is 0 Å². The van der Waals surface area contributed by atoms with E-state index < -0.39 is 30.8 Å². The Hall–Kier alpha value is -0.690. The molecule has 0 aliphatic heterocycles. The normalized spacial score (nSPS) is 14.5. The van der Waals surface area contributed by atoms with Gasteiger partial charge in [0.1, 0.15) is 5.60 Å². The molecule has 0 aromatic carbocycles. The minimum atomic E-state index is -2.24. The Morgan fingerprint density at radius 2 is 1.82 bits per heavy atom. The van der Waals surface area contributed by atoms with Crippen molar-refractivity contribution in [1.82, 2.24) is 0 Å². The van der Waals surface area contributed by atoms with Gasteiger partial charge in [0, 0.05) is 0 Å². The first-order valence-electron chi connectivity index (χ1n) is 2.89. The molecule has 6 heteroatoms. The van der Waals surface area contributed by atoms with Crippen LogP contribution < -0.4 is 5.73 Å². The van der Waals surface area contributed by atoms with Crippen LogP contribution in [0, 0.1) is 0 Å². The fraction of sp³-hybridized carbons (Fsp3) is 0.800. The standard InChI is InChI=1S/C5H11NO5/c6-4(10)3(9)5(11,1-7)2-8/h3,7-9,11H,1-2H2,(H2,6,10). The summed E-state index contributed by atoms with van der Waals surface area (Å²) in [6.07, 6.45) is -1.96. The van der Waals surface area contributed by atoms with Gasteiger partial charge < -0.3 is 26.2 Å². The molecule has 0 heterocycles. The summed E-state index contributed by atoms with van der Waals surface area (Å²) in [5.41, 5.74) is 2.36. The maximum absolute atomic E-state index is 10.3. The van der Waals surface area contributed by atoms with Gasteiger partial charge in [0.2, 0.25) is 5.91 Å². The summed E-state index contributed by atoms with van der Waals surface area (Å²) >= 11 is 0. The molecule has 6 N–H and O–H groups in total. The molecule has 0 aliphatic carbocycles. The Balaban J connectivity index is 4.36. The Kier molecular flexibility index (Phi) is 3.40. The summed E-state index contributed by atoms with van der Waals surface area (Å²) in [6.45, 7) is -1.87. The lowest BCUT2D eigenvalue weighted by Crippen LogP contribution is -2.54. The van der Waals surface area contributed by atoms with Crippen molar-refractivity contribution in [2.24, 2.45) is 5.73 Å². The molecule has 0 radical (unpaired) electrons. The maximum Gasteiger partial charge on any atom is 0.249 e. The van der Waals surface area contributed by atoms with E-state index in [2.05, 4.69) is 5.73 Å². The number of carbonyl (C=O) groups is 1. The summed E-state index contributed by atoms with van der Waals surface area (Å²) in [4.78, 5) is 10.3. The molecule has 0 spiro atoms. The summed E-state index contributed by atoms with van der Waals surface area (Å²) < 4.78 is 0. The van der Waals surface area contributed by atoms with Crippen molar-refractivity contribution < 1.29 is 25.2 Å². The molecule has 0 aliphatic rings. The van der Waals surface area contributed by atoms with Gasteiger partial charge in [-0.05, 0) is 0 Å². The highest BCUT2D eigenvalue weighted by Crippen LogP contribution is 2.08. The molecule has 0 saturated carbocycles. The smallest absolute Gasteiger partial charge is 0.249 e. The number of aliphatic hydroxyl groups excluding tert-OH is 3. The average Bonchev–Trinajstić information content (AvgIpc) is 2.01. The van der Waals surface area contributed by atoms with Crippen LogP contribution in [0.2, 0.25) is 0 Å². The number of nitrogens with two attached hydrogens (primary N) is 1. The molecule has 0 saturated heterocycles. The van der Waals surface area contributed by atoms with Crippen molar-refractivity contribution in [1.29, 1.82) is 0 Å². The molecule has 1 atom stereocenters. The van der Waals surface area contributed by atoms with E-state index in [9.17, 15) is 4.79 Å². The first kappa shape index (κ1) is 10.3. The fourth-order valence-corrected chi connectivity index (χ4v) is 0.488. The monoisotopic (exact) mass is 165 g/mol. The predicted molar refractivity (Wildman–Crippen MR) is 34.3 cm³/mol. The third kappa shape index (κ3) is 2.12. The highest BCUT2D eigenvalue weighted by molar-refractivity contribution is 5.80. The van der Waals surface area contributed by atoms with Gasteiger partial charge in [-0.15, -0.1) is 0 Å². The van der Waals surface area contributed by atoms with E-state index in [1.54, 1.807) is 0 Å². The van der Waals surface area contributed by atoms with Crippen LogP contribution in [0.1, 0.15) is 0 Å². The minimum absolute atomic E-state index is 0.937. The van der Waals surface area contributed by atoms with Gasteiger partial charge in [0.15, 0.2) is 6.10 Å². The molecular weight excluding hydrogens is 154 g/mol. The van der Waals surface area contributed by atoms with Crippen LogP contribution in [0.25, 0.3) is 0 Å². The van der Waals surface area contributed by atoms with Gasteiger partial charge in [-0.25, -0.2) is 0 Å². The second-order valence-electron chi connectivity index (χ2n) is 2.22. The van der Waals surface area contributed by atoms with Crippen LogP contribution in [-0.2, 0) is 4.79 Å². The van der Waals surface area contributed by atoms with E-state index in [0.717, 1.165) is 0 Å². The van der Waals surface area contributed by atoms with Crippen LogP contribution in [0.5, 0.6) is 0 Å². The van der Waals surface area contributed by atoms with Crippen molar-refractivity contribution in [2.75, 3.05) is 13.2 Å². The topological polar surface area (TPSA) is 124 Å². The molecule has 1 amide bonds. The summed E-state index contributed by atoms with van der Waals surface area (Å²) in [7, 11) is 0. The SMILES string of the molecule is NC(=O)C(O)C(O)(CO)CO. The Morgan fingerprint density at radius 3 is 1.91 bits per heavy atom.